The number of anilines is 1. The van der Waals surface area contributed by atoms with Crippen LogP contribution in [-0.4, -0.2) is 28.0 Å². The molecule has 22 heavy (non-hydrogen) atoms. The minimum absolute atomic E-state index is 0.0906. The van der Waals surface area contributed by atoms with Crippen molar-refractivity contribution in [3.05, 3.63) is 45.4 Å². The molecule has 1 unspecified atom stereocenters. The minimum Gasteiger partial charge on any atom is -0.369 e. The zero-order chi connectivity index (χ0) is 15.7. The molecule has 0 amide bonds. The fourth-order valence-electron chi connectivity index (χ4n) is 3.40. The molecule has 3 N–H and O–H groups in total. The summed E-state index contributed by atoms with van der Waals surface area (Å²) in [6.45, 7) is 8.74. The number of hydrogen-bond donors (Lipinski definition) is 2. The standard InChI is InChI=1S/C17H24N4O/c1-11(2)13-5-3-12(4-6-13)9-21-8-7-15-14(10-21)16(22)20-17(18)19-15/h3,13H,1,4-10H2,2H3,(H3,18,19,20,22). The van der Waals surface area contributed by atoms with E-state index in [0.717, 1.165) is 43.6 Å². The largest absolute Gasteiger partial charge is 0.369 e. The van der Waals surface area contributed by atoms with E-state index in [1.807, 2.05) is 0 Å². The van der Waals surface area contributed by atoms with E-state index in [2.05, 4.69) is 34.4 Å². The molecule has 0 aromatic carbocycles. The van der Waals surface area contributed by atoms with Crippen LogP contribution < -0.4 is 11.3 Å². The van der Waals surface area contributed by atoms with Gasteiger partial charge in [-0.2, -0.15) is 0 Å². The molecule has 1 aromatic rings. The highest BCUT2D eigenvalue weighted by atomic mass is 16.1. The van der Waals surface area contributed by atoms with Gasteiger partial charge in [-0.15, -0.1) is 0 Å². The normalized spacial score (nSPS) is 22.0. The molecule has 2 heterocycles. The second-order valence-electron chi connectivity index (χ2n) is 6.52. The van der Waals surface area contributed by atoms with Crippen LogP contribution in [0.4, 0.5) is 5.95 Å². The third-order valence-electron chi connectivity index (χ3n) is 4.79. The van der Waals surface area contributed by atoms with Crippen LogP contribution in [0, 0.1) is 5.92 Å². The van der Waals surface area contributed by atoms with Gasteiger partial charge < -0.3 is 5.73 Å². The van der Waals surface area contributed by atoms with Crippen LogP contribution in [0.5, 0.6) is 0 Å². The number of allylic oxidation sites excluding steroid dienone is 2. The van der Waals surface area contributed by atoms with Crippen molar-refractivity contribution in [2.75, 3.05) is 18.8 Å². The van der Waals surface area contributed by atoms with E-state index in [9.17, 15) is 4.79 Å². The molecule has 0 saturated carbocycles. The molecule has 0 bridgehead atoms. The van der Waals surface area contributed by atoms with Crippen molar-refractivity contribution in [3.63, 3.8) is 0 Å². The van der Waals surface area contributed by atoms with Gasteiger partial charge in [-0.1, -0.05) is 23.8 Å². The van der Waals surface area contributed by atoms with Crippen LogP contribution in [0.1, 0.15) is 37.4 Å². The first-order valence-corrected chi connectivity index (χ1v) is 7.96. The van der Waals surface area contributed by atoms with Gasteiger partial charge in [-0.05, 0) is 32.1 Å². The van der Waals surface area contributed by atoms with Gasteiger partial charge in [-0.3, -0.25) is 14.7 Å². The van der Waals surface area contributed by atoms with Crippen molar-refractivity contribution in [1.29, 1.82) is 0 Å². The molecule has 118 valence electrons. The van der Waals surface area contributed by atoms with E-state index < -0.39 is 0 Å². The van der Waals surface area contributed by atoms with Gasteiger partial charge in [0.05, 0.1) is 11.3 Å². The molecular formula is C17H24N4O. The molecule has 1 aliphatic heterocycles. The first-order valence-electron chi connectivity index (χ1n) is 7.96. The van der Waals surface area contributed by atoms with Crippen LogP contribution in [0.3, 0.4) is 0 Å². The monoisotopic (exact) mass is 300 g/mol. The summed E-state index contributed by atoms with van der Waals surface area (Å²) in [5, 5.41) is 0. The maximum atomic E-state index is 12.0. The predicted octanol–water partition coefficient (Wildman–Crippen LogP) is 2.01. The Bertz CT molecular complexity index is 674. The molecule has 1 aliphatic carbocycles. The number of nitrogens with two attached hydrogens (primary N) is 1. The Kier molecular flexibility index (Phi) is 4.16. The Morgan fingerprint density at radius 3 is 3.05 bits per heavy atom. The average Bonchev–Trinajstić information content (AvgIpc) is 2.48. The van der Waals surface area contributed by atoms with E-state index in [4.69, 9.17) is 5.73 Å². The average molecular weight is 300 g/mol. The number of aromatic amines is 1. The fraction of sp³-hybridized carbons (Fsp3) is 0.529. The van der Waals surface area contributed by atoms with Crippen molar-refractivity contribution in [1.82, 2.24) is 14.9 Å². The van der Waals surface area contributed by atoms with Crippen LogP contribution >= 0.6 is 0 Å². The van der Waals surface area contributed by atoms with E-state index in [-0.39, 0.29) is 11.5 Å². The number of nitrogens with zero attached hydrogens (tertiary/aromatic N) is 2. The SMILES string of the molecule is C=C(C)C1CC=C(CN2CCc3nc(N)[nH]c(=O)c3C2)CC1. The zero-order valence-corrected chi connectivity index (χ0v) is 13.2. The molecule has 1 aromatic heterocycles. The Morgan fingerprint density at radius 1 is 1.55 bits per heavy atom. The minimum atomic E-state index is -0.0906. The van der Waals surface area contributed by atoms with Crippen LogP contribution in [0.25, 0.3) is 0 Å². The predicted molar refractivity (Wildman–Crippen MR) is 88.5 cm³/mol. The van der Waals surface area contributed by atoms with E-state index in [0.29, 0.717) is 12.5 Å². The Labute approximate surface area is 130 Å². The number of H-pyrrole nitrogens is 1. The highest BCUT2D eigenvalue weighted by Crippen LogP contribution is 2.29. The summed E-state index contributed by atoms with van der Waals surface area (Å²) in [7, 11) is 0. The van der Waals surface area contributed by atoms with Crippen molar-refractivity contribution < 1.29 is 0 Å². The third-order valence-corrected chi connectivity index (χ3v) is 4.79. The Morgan fingerprint density at radius 2 is 2.36 bits per heavy atom. The second-order valence-corrected chi connectivity index (χ2v) is 6.52. The van der Waals surface area contributed by atoms with Crippen molar-refractivity contribution in [2.45, 2.75) is 39.2 Å². The highest BCUT2D eigenvalue weighted by molar-refractivity contribution is 5.27. The molecule has 2 aliphatic rings. The maximum absolute atomic E-state index is 12.0. The van der Waals surface area contributed by atoms with E-state index >= 15 is 0 Å². The van der Waals surface area contributed by atoms with Crippen LogP contribution in [0.15, 0.2) is 28.6 Å². The molecule has 1 atom stereocenters. The Hall–Kier alpha value is -1.88. The van der Waals surface area contributed by atoms with E-state index in [1.54, 1.807) is 0 Å². The summed E-state index contributed by atoms with van der Waals surface area (Å²) < 4.78 is 0. The first kappa shape index (κ1) is 15.0. The summed E-state index contributed by atoms with van der Waals surface area (Å²) in [6, 6.07) is 0. The van der Waals surface area contributed by atoms with Gasteiger partial charge in [-0.25, -0.2) is 4.98 Å². The van der Waals surface area contributed by atoms with Gasteiger partial charge >= 0.3 is 0 Å². The van der Waals surface area contributed by atoms with Crippen LogP contribution in [-0.2, 0) is 13.0 Å². The number of aromatic nitrogens is 2. The molecule has 5 heteroatoms. The summed E-state index contributed by atoms with van der Waals surface area (Å²) in [5.74, 6) is 0.860. The lowest BCUT2D eigenvalue weighted by Gasteiger charge is -2.30. The summed E-state index contributed by atoms with van der Waals surface area (Å²) in [6.07, 6.45) is 6.60. The lowest BCUT2D eigenvalue weighted by atomic mass is 9.85. The first-order chi connectivity index (χ1) is 10.5. The number of nitrogens with one attached hydrogen (secondary N) is 1. The molecule has 0 radical (unpaired) electrons. The molecule has 5 nitrogen and oxygen atoms in total. The smallest absolute Gasteiger partial charge is 0.257 e. The van der Waals surface area contributed by atoms with Gasteiger partial charge in [0.2, 0.25) is 5.95 Å². The maximum Gasteiger partial charge on any atom is 0.257 e. The van der Waals surface area contributed by atoms with Gasteiger partial charge in [0.25, 0.3) is 5.56 Å². The van der Waals surface area contributed by atoms with Crippen LogP contribution in [0.2, 0.25) is 0 Å². The third kappa shape index (κ3) is 3.14. The van der Waals surface area contributed by atoms with Crippen molar-refractivity contribution in [2.24, 2.45) is 5.92 Å². The molecule has 0 fully saturated rings. The molecular weight excluding hydrogens is 276 g/mol. The number of fused-ring (bicyclic) bond motifs is 1. The number of rotatable bonds is 3. The summed E-state index contributed by atoms with van der Waals surface area (Å²) in [4.78, 5) is 21.2. The summed E-state index contributed by atoms with van der Waals surface area (Å²) in [5.41, 5.74) is 9.93. The number of nitrogen functional groups attached to an aromatic ring is 1. The Balaban J connectivity index is 1.66. The molecule has 0 spiro atoms. The quantitative estimate of drug-likeness (QED) is 0.837. The van der Waals surface area contributed by atoms with Crippen molar-refractivity contribution >= 4 is 5.95 Å². The fourth-order valence-corrected chi connectivity index (χ4v) is 3.40. The highest BCUT2D eigenvalue weighted by Gasteiger charge is 2.22. The topological polar surface area (TPSA) is 75.0 Å². The van der Waals surface area contributed by atoms with Gasteiger partial charge in [0.15, 0.2) is 0 Å². The number of hydrogen-bond acceptors (Lipinski definition) is 4. The molecule has 0 saturated heterocycles. The second kappa shape index (κ2) is 6.08. The van der Waals surface area contributed by atoms with Gasteiger partial charge in [0.1, 0.15) is 0 Å². The zero-order valence-electron chi connectivity index (χ0n) is 13.2. The van der Waals surface area contributed by atoms with E-state index in [1.165, 1.54) is 17.6 Å². The van der Waals surface area contributed by atoms with Crippen molar-refractivity contribution in [3.8, 4) is 0 Å². The lowest BCUT2D eigenvalue weighted by Crippen LogP contribution is -2.37. The molecule has 3 rings (SSSR count). The summed E-state index contributed by atoms with van der Waals surface area (Å²) >= 11 is 0. The lowest BCUT2D eigenvalue weighted by molar-refractivity contribution is 0.266. The van der Waals surface area contributed by atoms with Gasteiger partial charge in [0, 0.05) is 26.1 Å².